The zero-order valence-electron chi connectivity index (χ0n) is 46.9. The Labute approximate surface area is 462 Å². The minimum absolute atomic E-state index is 0.0484. The second-order valence-corrected chi connectivity index (χ2v) is 22.3. The second-order valence-electron chi connectivity index (χ2n) is 22.3. The van der Waals surface area contributed by atoms with Crippen LogP contribution < -0.4 is 25.6 Å². The molecule has 0 saturated carbocycles. The summed E-state index contributed by atoms with van der Waals surface area (Å²) in [5.41, 5.74) is 5.21. The Kier molecular flexibility index (Phi) is 17.5. The van der Waals surface area contributed by atoms with E-state index in [0.717, 1.165) is 33.4 Å². The van der Waals surface area contributed by atoms with Crippen LogP contribution in [-0.2, 0) is 49.3 Å². The normalized spacial score (nSPS) is 25.7. The first-order valence-corrected chi connectivity index (χ1v) is 27.0. The van der Waals surface area contributed by atoms with Crippen molar-refractivity contribution < 1.29 is 62.3 Å². The number of fused-ring (bicyclic) bond motifs is 8. The number of nitrogens with zero attached hydrogens (tertiary/aromatic N) is 1. The number of epoxide rings is 1. The number of amides is 4. The van der Waals surface area contributed by atoms with E-state index >= 15 is 0 Å². The molecule has 2 saturated heterocycles. The molecule has 3 aliphatic heterocycles. The maximum Gasteiger partial charge on any atom is 0.409 e. The predicted octanol–water partition coefficient (Wildman–Crippen LogP) is 9.43. The van der Waals surface area contributed by atoms with Gasteiger partial charge in [-0.05, 0) is 83.8 Å². The number of ether oxygens (including phenoxy) is 6. The Balaban J connectivity index is 1.00. The van der Waals surface area contributed by atoms with Crippen molar-refractivity contribution in [2.75, 3.05) is 38.1 Å². The molecule has 0 unspecified atom stereocenters. The number of ketones is 1. The molecule has 8 rings (SSSR count). The number of nitrogens with one attached hydrogen (secondary N) is 3. The molecule has 4 aliphatic rings. The molecule has 0 aromatic heterocycles. The quantitative estimate of drug-likeness (QED) is 0.0526. The SMILES string of the molecule is COc1cc2cc(c1-c1ccc(NC(=O)[C@H](C)CC(=O)[C@@H](NC(=O)OCC3c4ccccc4-c4ccccc43)C(C)C)cc1)N(C)C(=O)C[C@H](OC(=O)C(C)C)[C@]1(C)O[C@H]1[C@H](C)[C@@H]1C[C@@](O)(NC(=O)O1)[C@H](OC)/C=C/C=C(\C)C2. The number of hydrogen-bond acceptors (Lipinski definition) is 13. The third-order valence-corrected chi connectivity index (χ3v) is 15.8. The van der Waals surface area contributed by atoms with Crippen LogP contribution in [0.25, 0.3) is 22.3 Å². The smallest absolute Gasteiger partial charge is 0.409 e. The first-order chi connectivity index (χ1) is 37.5. The molecule has 420 valence electrons. The molecule has 79 heavy (non-hydrogen) atoms. The van der Waals surface area contributed by atoms with Crippen molar-refractivity contribution in [1.29, 1.82) is 0 Å². The van der Waals surface area contributed by atoms with E-state index < -0.39 is 89.5 Å². The van der Waals surface area contributed by atoms with E-state index in [4.69, 9.17) is 28.4 Å². The molecule has 2 fully saturated rings. The van der Waals surface area contributed by atoms with Gasteiger partial charge in [-0.2, -0.15) is 0 Å². The topological polar surface area (TPSA) is 221 Å². The third-order valence-electron chi connectivity index (χ3n) is 15.8. The number of Topliss-reactive ketones (excluding diaryl/α,β-unsaturated/α-hetero) is 1. The van der Waals surface area contributed by atoms with E-state index in [2.05, 4.69) is 28.1 Å². The molecular formula is C62H74N4O13. The van der Waals surface area contributed by atoms with Crippen LogP contribution in [-0.4, -0.2) is 111 Å². The summed E-state index contributed by atoms with van der Waals surface area (Å²) in [4.78, 5) is 83.4. The van der Waals surface area contributed by atoms with Gasteiger partial charge in [0.05, 0.1) is 37.3 Å². The molecule has 0 spiro atoms. The lowest BCUT2D eigenvalue weighted by atomic mass is 9.83. The fourth-order valence-corrected chi connectivity index (χ4v) is 11.1. The summed E-state index contributed by atoms with van der Waals surface area (Å²) >= 11 is 0. The predicted molar refractivity (Wildman–Crippen MR) is 298 cm³/mol. The number of alkyl carbamates (subject to hydrolysis) is 2. The van der Waals surface area contributed by atoms with Gasteiger partial charge in [0, 0.05) is 56.0 Å². The molecule has 9 atom stereocenters. The van der Waals surface area contributed by atoms with E-state index in [-0.39, 0.29) is 43.5 Å². The van der Waals surface area contributed by atoms with Crippen LogP contribution in [0.2, 0.25) is 0 Å². The summed E-state index contributed by atoms with van der Waals surface area (Å²) in [6, 6.07) is 26.0. The lowest BCUT2D eigenvalue weighted by molar-refractivity contribution is -0.157. The Morgan fingerprint density at radius 2 is 1.58 bits per heavy atom. The average molecular weight is 1080 g/mol. The fraction of sp³-hybridized carbons (Fsp3) is 0.452. The number of hydrogen-bond donors (Lipinski definition) is 4. The van der Waals surface area contributed by atoms with Gasteiger partial charge in [-0.3, -0.25) is 24.5 Å². The lowest BCUT2D eigenvalue weighted by Gasteiger charge is -2.42. The van der Waals surface area contributed by atoms with Crippen molar-refractivity contribution in [2.45, 2.75) is 129 Å². The molecule has 0 radical (unpaired) electrons. The minimum atomic E-state index is -1.84. The van der Waals surface area contributed by atoms with Crippen molar-refractivity contribution in [3.8, 4) is 28.0 Å². The van der Waals surface area contributed by atoms with Crippen LogP contribution in [0.5, 0.6) is 5.75 Å². The molecule has 4 N–H and O–H groups in total. The number of allylic oxidation sites excluding steroid dienone is 3. The van der Waals surface area contributed by atoms with Gasteiger partial charge in [0.1, 0.15) is 36.3 Å². The zero-order valence-corrected chi connectivity index (χ0v) is 46.9. The number of carbonyl (C=O) groups is 6. The Bertz CT molecular complexity index is 2980. The molecule has 4 bridgehead atoms. The highest BCUT2D eigenvalue weighted by Gasteiger charge is 2.64. The number of rotatable bonds is 14. The van der Waals surface area contributed by atoms with E-state index in [0.29, 0.717) is 34.7 Å². The molecule has 17 nitrogen and oxygen atoms in total. The maximum atomic E-state index is 14.8. The number of anilines is 2. The maximum absolute atomic E-state index is 14.8. The van der Waals surface area contributed by atoms with Gasteiger partial charge >= 0.3 is 18.2 Å². The first kappa shape index (κ1) is 57.8. The highest BCUT2D eigenvalue weighted by Crippen LogP contribution is 2.50. The Morgan fingerprint density at radius 1 is 0.924 bits per heavy atom. The first-order valence-electron chi connectivity index (χ1n) is 27.0. The standard InChI is InChI=1S/C62H74N4O13/c1-34(2)55(64-59(71)76-33-46-44-20-14-12-18-42(44)43-19-13-15-21-45(43)46)48(67)28-37(6)57(69)63-41-25-23-40(24-26-41)54-47-29-39(30-49(54)74-10)27-36(5)17-16-22-51(75-11)62(73)32-50(77-60(72)65-62)38(7)56-61(8,79-56)52(31-53(68)66(47)9)78-58(70)35(3)4/h12-26,29-30,34-35,37-38,46,50-52,55-56,73H,27-28,31-33H2,1-11H3,(H,63,69)(H,64,71)(H,65,72)/b22-16+,36-17+/t37-,38-,50+,51-,52+,55+,56+,61+,62+/m1/s1. The average Bonchev–Trinajstić information content (AvgIpc) is 4.22. The van der Waals surface area contributed by atoms with Gasteiger partial charge in [-0.1, -0.05) is 126 Å². The number of carbonyl (C=O) groups excluding carboxylic acids is 6. The summed E-state index contributed by atoms with van der Waals surface area (Å²) < 4.78 is 35.7. The van der Waals surface area contributed by atoms with Crippen LogP contribution in [0, 0.1) is 23.7 Å². The number of methoxy groups -OCH3 is 2. The van der Waals surface area contributed by atoms with E-state index in [9.17, 15) is 33.9 Å². The van der Waals surface area contributed by atoms with E-state index in [1.54, 1.807) is 71.2 Å². The van der Waals surface area contributed by atoms with Crippen LogP contribution >= 0.6 is 0 Å². The van der Waals surface area contributed by atoms with Gasteiger partial charge < -0.3 is 49.1 Å². The van der Waals surface area contributed by atoms with Gasteiger partial charge in [-0.25, -0.2) is 9.59 Å². The summed E-state index contributed by atoms with van der Waals surface area (Å²) in [5.74, 6) is -3.40. The summed E-state index contributed by atoms with van der Waals surface area (Å²) in [6.07, 6.45) is 0.185. The summed E-state index contributed by atoms with van der Waals surface area (Å²) in [7, 11) is 4.62. The molecular weight excluding hydrogens is 1010 g/mol. The largest absolute Gasteiger partial charge is 0.496 e. The van der Waals surface area contributed by atoms with Crippen molar-refractivity contribution in [3.05, 3.63) is 125 Å². The molecule has 3 heterocycles. The van der Waals surface area contributed by atoms with Crippen LogP contribution in [0.15, 0.2) is 109 Å². The second kappa shape index (κ2) is 23.9. The third kappa shape index (κ3) is 12.6. The Hall–Kier alpha value is -7.34. The molecule has 4 amide bonds. The van der Waals surface area contributed by atoms with E-state index in [1.807, 2.05) is 82.3 Å². The van der Waals surface area contributed by atoms with Crippen molar-refractivity contribution in [2.24, 2.45) is 23.7 Å². The lowest BCUT2D eigenvalue weighted by Crippen LogP contribution is -2.63. The highest BCUT2D eigenvalue weighted by atomic mass is 16.7. The summed E-state index contributed by atoms with van der Waals surface area (Å²) in [6.45, 7) is 14.3. The molecule has 1 aliphatic carbocycles. The van der Waals surface area contributed by atoms with Gasteiger partial charge in [0.25, 0.3) is 0 Å². The van der Waals surface area contributed by atoms with Crippen molar-refractivity contribution >= 4 is 47.1 Å². The molecule has 4 aromatic rings. The number of esters is 1. The van der Waals surface area contributed by atoms with Gasteiger partial charge in [0.15, 0.2) is 11.5 Å². The fourth-order valence-electron chi connectivity index (χ4n) is 11.1. The number of benzene rings is 4. The highest BCUT2D eigenvalue weighted by molar-refractivity contribution is 6.00. The minimum Gasteiger partial charge on any atom is -0.496 e. The number of aliphatic hydroxyl groups is 1. The van der Waals surface area contributed by atoms with Gasteiger partial charge in [0.2, 0.25) is 11.8 Å². The zero-order chi connectivity index (χ0) is 57.1. The van der Waals surface area contributed by atoms with Crippen molar-refractivity contribution in [1.82, 2.24) is 10.6 Å². The van der Waals surface area contributed by atoms with Crippen molar-refractivity contribution in [3.63, 3.8) is 0 Å². The summed E-state index contributed by atoms with van der Waals surface area (Å²) in [5, 5.41) is 20.1. The molecule has 4 aromatic carbocycles. The Morgan fingerprint density at radius 3 is 2.20 bits per heavy atom. The van der Waals surface area contributed by atoms with Gasteiger partial charge in [-0.15, -0.1) is 0 Å². The molecule has 17 heteroatoms. The monoisotopic (exact) mass is 1080 g/mol. The van der Waals surface area contributed by atoms with Crippen LogP contribution in [0.4, 0.5) is 21.0 Å². The van der Waals surface area contributed by atoms with Crippen LogP contribution in [0.3, 0.4) is 0 Å². The van der Waals surface area contributed by atoms with Crippen LogP contribution in [0.1, 0.15) is 97.3 Å². The van der Waals surface area contributed by atoms with E-state index in [1.165, 1.54) is 19.1 Å².